The van der Waals surface area contributed by atoms with E-state index >= 15 is 0 Å². The summed E-state index contributed by atoms with van der Waals surface area (Å²) in [6.45, 7) is 0.653. The van der Waals surface area contributed by atoms with E-state index in [-0.39, 0.29) is 0 Å². The highest BCUT2D eigenvalue weighted by atomic mass is 32.2. The molecule has 94 valence electrons. The highest BCUT2D eigenvalue weighted by Crippen LogP contribution is 2.34. The molecular weight excluding hydrogens is 272 g/mol. The molecule has 0 bridgehead atoms. The number of rotatable bonds is 2. The summed E-state index contributed by atoms with van der Waals surface area (Å²) in [5.74, 6) is 0.552. The average Bonchev–Trinajstić information content (AvgIpc) is 2.92. The van der Waals surface area contributed by atoms with Gasteiger partial charge in [-0.05, 0) is 11.4 Å². The highest BCUT2D eigenvalue weighted by molar-refractivity contribution is 7.94. The molecule has 0 atom stereocenters. The molecule has 18 heavy (non-hydrogen) atoms. The Labute approximate surface area is 109 Å². The van der Waals surface area contributed by atoms with Gasteiger partial charge in [-0.1, -0.05) is 6.07 Å². The Morgan fingerprint density at radius 3 is 3.06 bits per heavy atom. The fourth-order valence-corrected chi connectivity index (χ4v) is 4.36. The van der Waals surface area contributed by atoms with Crippen molar-refractivity contribution in [3.05, 3.63) is 36.0 Å². The first-order chi connectivity index (χ1) is 8.69. The Hall–Kier alpha value is -1.60. The van der Waals surface area contributed by atoms with Gasteiger partial charge in [0.1, 0.15) is 22.3 Å². The molecule has 0 fully saturated rings. The summed E-state index contributed by atoms with van der Waals surface area (Å²) in [6.07, 6.45) is 3.10. The summed E-state index contributed by atoms with van der Waals surface area (Å²) in [5.41, 5.74) is 0.497. The van der Waals surface area contributed by atoms with Gasteiger partial charge in [-0.15, -0.1) is 11.3 Å². The molecule has 2 aromatic heterocycles. The monoisotopic (exact) mass is 282 g/mol. The molecule has 3 rings (SSSR count). The van der Waals surface area contributed by atoms with Gasteiger partial charge in [0.2, 0.25) is 0 Å². The summed E-state index contributed by atoms with van der Waals surface area (Å²) < 4.78 is 32.0. The molecule has 0 N–H and O–H groups in total. The van der Waals surface area contributed by atoms with E-state index in [1.807, 2.05) is 0 Å². The minimum atomic E-state index is -3.50. The largest absolute Gasteiger partial charge is 0.489 e. The van der Waals surface area contributed by atoms with E-state index < -0.39 is 10.0 Å². The van der Waals surface area contributed by atoms with Crippen molar-refractivity contribution in [1.82, 2.24) is 4.98 Å². The van der Waals surface area contributed by atoms with E-state index in [0.717, 1.165) is 0 Å². The lowest BCUT2D eigenvalue weighted by atomic mass is 10.3. The predicted octanol–water partition coefficient (Wildman–Crippen LogP) is 1.73. The number of ether oxygens (including phenoxy) is 1. The molecule has 0 amide bonds. The number of fused-ring (bicyclic) bond motifs is 1. The van der Waals surface area contributed by atoms with Crippen LogP contribution in [0.5, 0.6) is 5.75 Å². The average molecular weight is 282 g/mol. The SMILES string of the molecule is O=S(=O)(c1cccs1)N1CCOc2ccncc21. The number of hydrogen-bond acceptors (Lipinski definition) is 5. The number of thiophene rings is 1. The normalized spacial score (nSPS) is 15.0. The van der Waals surface area contributed by atoms with Crippen LogP contribution < -0.4 is 9.04 Å². The van der Waals surface area contributed by atoms with E-state index in [1.165, 1.54) is 21.8 Å². The lowest BCUT2D eigenvalue weighted by molar-refractivity contribution is 0.315. The fraction of sp³-hybridized carbons (Fsp3) is 0.182. The van der Waals surface area contributed by atoms with Crippen molar-refractivity contribution in [2.24, 2.45) is 0 Å². The Morgan fingerprint density at radius 2 is 2.28 bits per heavy atom. The molecule has 1 aliphatic heterocycles. The topological polar surface area (TPSA) is 59.5 Å². The van der Waals surface area contributed by atoms with Crippen molar-refractivity contribution in [2.45, 2.75) is 4.21 Å². The molecule has 0 aliphatic carbocycles. The molecule has 0 radical (unpaired) electrons. The lowest BCUT2D eigenvalue weighted by Gasteiger charge is -2.29. The van der Waals surface area contributed by atoms with Crippen LogP contribution in [0, 0.1) is 0 Å². The van der Waals surface area contributed by atoms with Crippen molar-refractivity contribution in [3.63, 3.8) is 0 Å². The van der Waals surface area contributed by atoms with Gasteiger partial charge in [0.25, 0.3) is 10.0 Å². The van der Waals surface area contributed by atoms with Crippen molar-refractivity contribution in [1.29, 1.82) is 0 Å². The highest BCUT2D eigenvalue weighted by Gasteiger charge is 2.30. The molecule has 7 heteroatoms. The van der Waals surface area contributed by atoms with Crippen molar-refractivity contribution in [3.8, 4) is 5.75 Å². The molecule has 1 aliphatic rings. The predicted molar refractivity (Wildman–Crippen MR) is 68.6 cm³/mol. The van der Waals surface area contributed by atoms with Crippen LogP contribution in [0.3, 0.4) is 0 Å². The van der Waals surface area contributed by atoms with Gasteiger partial charge in [-0.25, -0.2) is 8.42 Å². The van der Waals surface area contributed by atoms with Crippen LogP contribution in [0.15, 0.2) is 40.2 Å². The molecule has 3 heterocycles. The first-order valence-corrected chi connectivity index (χ1v) is 7.64. The molecule has 2 aromatic rings. The first-order valence-electron chi connectivity index (χ1n) is 5.32. The zero-order valence-electron chi connectivity index (χ0n) is 9.31. The molecule has 0 spiro atoms. The first kappa shape index (κ1) is 11.5. The quantitative estimate of drug-likeness (QED) is 0.841. The number of hydrogen-bond donors (Lipinski definition) is 0. The number of aromatic nitrogens is 1. The molecule has 0 unspecified atom stereocenters. The van der Waals surface area contributed by atoms with Crippen LogP contribution in [0.1, 0.15) is 0 Å². The summed E-state index contributed by atoms with van der Waals surface area (Å²) in [4.78, 5) is 3.96. The van der Waals surface area contributed by atoms with Gasteiger partial charge in [-0.3, -0.25) is 9.29 Å². The van der Waals surface area contributed by atoms with Crippen LogP contribution in [0.4, 0.5) is 5.69 Å². The van der Waals surface area contributed by atoms with Gasteiger partial charge in [0, 0.05) is 12.3 Å². The second-order valence-electron chi connectivity index (χ2n) is 3.70. The van der Waals surface area contributed by atoms with Gasteiger partial charge < -0.3 is 4.74 Å². The van der Waals surface area contributed by atoms with Crippen LogP contribution >= 0.6 is 11.3 Å². The molecule has 0 saturated heterocycles. The maximum absolute atomic E-state index is 12.5. The third-order valence-electron chi connectivity index (χ3n) is 2.62. The molecule has 5 nitrogen and oxygen atoms in total. The second-order valence-corrected chi connectivity index (χ2v) is 6.74. The lowest BCUT2D eigenvalue weighted by Crippen LogP contribution is -2.37. The third kappa shape index (κ3) is 1.75. The summed E-state index contributed by atoms with van der Waals surface area (Å²) >= 11 is 1.21. The summed E-state index contributed by atoms with van der Waals surface area (Å²) in [6, 6.07) is 5.00. The van der Waals surface area contributed by atoms with Gasteiger partial charge >= 0.3 is 0 Å². The minimum Gasteiger partial charge on any atom is -0.489 e. The summed E-state index contributed by atoms with van der Waals surface area (Å²) in [5, 5.41) is 1.75. The van der Waals surface area contributed by atoms with E-state index in [4.69, 9.17) is 4.74 Å². The standard InChI is InChI=1S/C11H10N2O3S2/c14-18(15,11-2-1-7-17-11)13-5-6-16-10-3-4-12-8-9(10)13/h1-4,7-8H,5-6H2. The Bertz CT molecular complexity index is 653. The zero-order chi connectivity index (χ0) is 12.6. The molecular formula is C11H10N2O3S2. The number of nitrogens with zero attached hydrogens (tertiary/aromatic N) is 2. The van der Waals surface area contributed by atoms with E-state index in [9.17, 15) is 8.42 Å². The van der Waals surface area contributed by atoms with Crippen molar-refractivity contribution in [2.75, 3.05) is 17.5 Å². The maximum Gasteiger partial charge on any atom is 0.274 e. The van der Waals surface area contributed by atoms with Gasteiger partial charge in [0.15, 0.2) is 0 Å². The minimum absolute atomic E-state index is 0.304. The number of sulfonamides is 1. The van der Waals surface area contributed by atoms with Crippen LogP contribution in [0.25, 0.3) is 0 Å². The fourth-order valence-electron chi connectivity index (χ4n) is 1.81. The van der Waals surface area contributed by atoms with Crippen LogP contribution in [-0.4, -0.2) is 26.6 Å². The van der Waals surface area contributed by atoms with Crippen LogP contribution in [-0.2, 0) is 10.0 Å². The van der Waals surface area contributed by atoms with E-state index in [2.05, 4.69) is 4.98 Å². The summed E-state index contributed by atoms with van der Waals surface area (Å²) in [7, 11) is -3.50. The van der Waals surface area contributed by atoms with E-state index in [1.54, 1.807) is 29.8 Å². The molecule has 0 saturated carbocycles. The van der Waals surface area contributed by atoms with Gasteiger partial charge in [-0.2, -0.15) is 0 Å². The van der Waals surface area contributed by atoms with Crippen molar-refractivity contribution >= 4 is 27.0 Å². The Balaban J connectivity index is 2.10. The van der Waals surface area contributed by atoms with Gasteiger partial charge in [0.05, 0.1) is 12.7 Å². The Morgan fingerprint density at radius 1 is 1.39 bits per heavy atom. The number of pyridine rings is 1. The second kappa shape index (κ2) is 4.25. The van der Waals surface area contributed by atoms with Crippen molar-refractivity contribution < 1.29 is 13.2 Å². The smallest absolute Gasteiger partial charge is 0.274 e. The van der Waals surface area contributed by atoms with E-state index in [0.29, 0.717) is 28.8 Å². The van der Waals surface area contributed by atoms with Crippen LogP contribution in [0.2, 0.25) is 0 Å². The Kier molecular flexibility index (Phi) is 2.71. The molecule has 0 aromatic carbocycles. The number of anilines is 1. The zero-order valence-corrected chi connectivity index (χ0v) is 10.9. The third-order valence-corrected chi connectivity index (χ3v) is 5.81. The maximum atomic E-state index is 12.5.